The molecular formula is C67H54FN. The van der Waals surface area contributed by atoms with E-state index in [1.165, 1.54) is 61.7 Å². The Morgan fingerprint density at radius 1 is 0.348 bits per heavy atom. The molecule has 1 spiro atoms. The third-order valence-electron chi connectivity index (χ3n) is 14.9. The Labute approximate surface area is 406 Å². The number of benzene rings is 10. The van der Waals surface area contributed by atoms with E-state index in [0.29, 0.717) is 0 Å². The summed E-state index contributed by atoms with van der Waals surface area (Å²) in [7, 11) is 0. The Balaban J connectivity index is 1.10. The lowest BCUT2D eigenvalue weighted by Gasteiger charge is -2.34. The minimum absolute atomic E-state index is 0.0401. The molecule has 0 saturated carbocycles. The van der Waals surface area contributed by atoms with Crippen molar-refractivity contribution in [1.82, 2.24) is 0 Å². The number of para-hydroxylation sites is 1. The second kappa shape index (κ2) is 15.9. The van der Waals surface area contributed by atoms with Crippen LogP contribution in [0.2, 0.25) is 0 Å². The topological polar surface area (TPSA) is 3.24 Å². The maximum absolute atomic E-state index is 14.7. The van der Waals surface area contributed by atoms with Gasteiger partial charge in [-0.05, 0) is 148 Å². The number of hydrogen-bond acceptors (Lipinski definition) is 1. The second-order valence-electron chi connectivity index (χ2n) is 21.0. The quantitative estimate of drug-likeness (QED) is 0.161. The first kappa shape index (κ1) is 42.5. The van der Waals surface area contributed by atoms with Crippen molar-refractivity contribution in [2.45, 2.75) is 57.8 Å². The van der Waals surface area contributed by atoms with Crippen LogP contribution < -0.4 is 4.90 Å². The molecule has 1 nitrogen and oxygen atoms in total. The van der Waals surface area contributed by atoms with Crippen LogP contribution in [0.1, 0.15) is 74.9 Å². The van der Waals surface area contributed by atoms with Gasteiger partial charge in [0, 0.05) is 16.9 Å². The average molecular weight is 892 g/mol. The average Bonchev–Trinajstić information content (AvgIpc) is 3.82. The van der Waals surface area contributed by atoms with Gasteiger partial charge in [-0.2, -0.15) is 0 Å². The fourth-order valence-corrected chi connectivity index (χ4v) is 11.5. The highest BCUT2D eigenvalue weighted by atomic mass is 19.1. The van der Waals surface area contributed by atoms with E-state index in [2.05, 4.69) is 241 Å². The van der Waals surface area contributed by atoms with Crippen molar-refractivity contribution in [3.8, 4) is 55.6 Å². The van der Waals surface area contributed by atoms with Crippen LogP contribution in [-0.2, 0) is 16.2 Å². The van der Waals surface area contributed by atoms with E-state index in [1.54, 1.807) is 12.1 Å². The zero-order chi connectivity index (χ0) is 47.2. The smallest absolute Gasteiger partial charge is 0.123 e. The monoisotopic (exact) mass is 891 g/mol. The molecule has 0 heterocycles. The highest BCUT2D eigenvalue weighted by Gasteiger charge is 2.52. The normalized spacial score (nSPS) is 13.3. The maximum atomic E-state index is 14.7. The van der Waals surface area contributed by atoms with Crippen molar-refractivity contribution >= 4 is 27.8 Å². The van der Waals surface area contributed by atoms with Crippen molar-refractivity contribution in [2.24, 2.45) is 0 Å². The Morgan fingerprint density at radius 2 is 0.826 bits per heavy atom. The van der Waals surface area contributed by atoms with Crippen molar-refractivity contribution in [3.63, 3.8) is 0 Å². The molecule has 2 aliphatic rings. The number of halogens is 1. The summed E-state index contributed by atoms with van der Waals surface area (Å²) in [6.45, 7) is 14.0. The fourth-order valence-electron chi connectivity index (χ4n) is 11.5. The van der Waals surface area contributed by atoms with Gasteiger partial charge in [0.2, 0.25) is 0 Å². The van der Waals surface area contributed by atoms with Gasteiger partial charge < -0.3 is 4.90 Å². The van der Waals surface area contributed by atoms with E-state index in [1.807, 2.05) is 6.07 Å². The number of nitrogens with zero attached hydrogens (tertiary/aromatic N) is 1. The van der Waals surface area contributed by atoms with Crippen LogP contribution in [-0.4, -0.2) is 0 Å². The van der Waals surface area contributed by atoms with Gasteiger partial charge in [0.05, 0.1) is 11.1 Å². The predicted molar refractivity (Wildman–Crippen MR) is 289 cm³/mol. The molecule has 10 aromatic rings. The molecule has 0 aromatic heterocycles. The third-order valence-corrected chi connectivity index (χ3v) is 14.9. The molecule has 0 bridgehead atoms. The molecule has 0 fully saturated rings. The van der Waals surface area contributed by atoms with Crippen LogP contribution in [0.25, 0.3) is 66.4 Å². The minimum Gasteiger partial charge on any atom is -0.310 e. The van der Waals surface area contributed by atoms with Gasteiger partial charge in [-0.15, -0.1) is 0 Å². The molecule has 2 heteroatoms. The van der Waals surface area contributed by atoms with E-state index in [9.17, 15) is 4.39 Å². The first-order chi connectivity index (χ1) is 33.4. The predicted octanol–water partition coefficient (Wildman–Crippen LogP) is 18.4. The summed E-state index contributed by atoms with van der Waals surface area (Å²) < 4.78 is 14.7. The summed E-state index contributed by atoms with van der Waals surface area (Å²) >= 11 is 0. The van der Waals surface area contributed by atoms with E-state index >= 15 is 0 Å². The van der Waals surface area contributed by atoms with Gasteiger partial charge in [-0.25, -0.2) is 4.39 Å². The van der Waals surface area contributed by atoms with Crippen molar-refractivity contribution in [3.05, 3.63) is 258 Å². The molecule has 0 atom stereocenters. The fraction of sp³-hybridized carbons (Fsp3) is 0.134. The van der Waals surface area contributed by atoms with E-state index in [0.717, 1.165) is 61.2 Å². The van der Waals surface area contributed by atoms with Crippen LogP contribution in [0.15, 0.2) is 218 Å². The summed E-state index contributed by atoms with van der Waals surface area (Å²) in [4.78, 5) is 2.46. The molecular weight excluding hydrogens is 838 g/mol. The first-order valence-electron chi connectivity index (χ1n) is 24.3. The zero-order valence-electron chi connectivity index (χ0n) is 40.1. The van der Waals surface area contributed by atoms with Crippen LogP contribution in [0, 0.1) is 5.82 Å². The Kier molecular flexibility index (Phi) is 9.80. The molecule has 2 aliphatic carbocycles. The molecule has 69 heavy (non-hydrogen) atoms. The third kappa shape index (κ3) is 6.79. The number of rotatable bonds is 6. The highest BCUT2D eigenvalue weighted by Crippen LogP contribution is 2.64. The Hall–Kier alpha value is -7.81. The molecule has 0 saturated heterocycles. The molecule has 0 unspecified atom stereocenters. The summed E-state index contributed by atoms with van der Waals surface area (Å²) in [5.41, 5.74) is 22.2. The van der Waals surface area contributed by atoms with Gasteiger partial charge in [-0.1, -0.05) is 217 Å². The zero-order valence-corrected chi connectivity index (χ0v) is 40.1. The number of hydrogen-bond donors (Lipinski definition) is 0. The summed E-state index contributed by atoms with van der Waals surface area (Å²) in [6.07, 6.45) is 0. The van der Waals surface area contributed by atoms with Gasteiger partial charge >= 0.3 is 0 Å². The van der Waals surface area contributed by atoms with E-state index in [-0.39, 0.29) is 16.6 Å². The van der Waals surface area contributed by atoms with Crippen LogP contribution in [0.5, 0.6) is 0 Å². The summed E-state index contributed by atoms with van der Waals surface area (Å²) in [6, 6.07) is 79.2. The number of anilines is 3. The van der Waals surface area contributed by atoms with Crippen LogP contribution >= 0.6 is 0 Å². The standard InChI is InChI=1S/C67H54FN/c1-65(2,3)47-31-36-56-57-37-32-48(66(4,5)6)41-61(57)67(60(56)40-47)59-27-12-10-24-55(59)58-38-35-51(42-62(58)67)69(63-28-13-11-23-52(63)43-17-8-7-9-18-43)50-33-29-44(30-34-50)53-25-15-19-45-20-16-26-54(64(45)53)46-21-14-22-49(68)39-46/h7-42H,1-6H3. The summed E-state index contributed by atoms with van der Waals surface area (Å²) in [5, 5.41) is 2.22. The molecule has 0 radical (unpaired) electrons. The lowest BCUT2D eigenvalue weighted by molar-refractivity contribution is 0.586. The van der Waals surface area contributed by atoms with E-state index in [4.69, 9.17) is 0 Å². The minimum atomic E-state index is -0.544. The van der Waals surface area contributed by atoms with Crippen molar-refractivity contribution in [1.29, 1.82) is 0 Å². The van der Waals surface area contributed by atoms with Crippen molar-refractivity contribution < 1.29 is 4.39 Å². The highest BCUT2D eigenvalue weighted by molar-refractivity contribution is 6.07. The van der Waals surface area contributed by atoms with Gasteiger partial charge in [-0.3, -0.25) is 0 Å². The lowest BCUT2D eigenvalue weighted by atomic mass is 9.68. The molecule has 10 aromatic carbocycles. The van der Waals surface area contributed by atoms with Crippen LogP contribution in [0.4, 0.5) is 21.5 Å². The molecule has 12 rings (SSSR count). The SMILES string of the molecule is CC(C)(C)c1ccc2c(c1)C1(c3ccccc3-c3ccc(N(c4ccc(-c5cccc6cccc(-c7cccc(F)c7)c56)cc4)c4ccccc4-c4ccccc4)cc31)c1cc(C(C)(C)C)ccc1-2. The van der Waals surface area contributed by atoms with Crippen LogP contribution in [0.3, 0.4) is 0 Å². The van der Waals surface area contributed by atoms with Gasteiger partial charge in [0.25, 0.3) is 0 Å². The maximum Gasteiger partial charge on any atom is 0.123 e. The van der Waals surface area contributed by atoms with Gasteiger partial charge in [0.1, 0.15) is 5.82 Å². The van der Waals surface area contributed by atoms with Gasteiger partial charge in [0.15, 0.2) is 0 Å². The van der Waals surface area contributed by atoms with E-state index < -0.39 is 5.41 Å². The number of fused-ring (bicyclic) bond motifs is 11. The second-order valence-corrected chi connectivity index (χ2v) is 21.0. The summed E-state index contributed by atoms with van der Waals surface area (Å²) in [5.74, 6) is -0.241. The molecule has 0 amide bonds. The van der Waals surface area contributed by atoms with Crippen molar-refractivity contribution in [2.75, 3.05) is 4.90 Å². The lowest BCUT2D eigenvalue weighted by Crippen LogP contribution is -2.27. The Morgan fingerprint density at radius 3 is 1.46 bits per heavy atom. The molecule has 0 N–H and O–H groups in total. The molecule has 0 aliphatic heterocycles. The molecule has 334 valence electrons. The first-order valence-corrected chi connectivity index (χ1v) is 24.3. The largest absolute Gasteiger partial charge is 0.310 e. The Bertz CT molecular complexity index is 3570.